The number of nitrogens with zero attached hydrogens (tertiary/aromatic N) is 3. The summed E-state index contributed by atoms with van der Waals surface area (Å²) in [7, 11) is 0. The van der Waals surface area contributed by atoms with E-state index in [0.29, 0.717) is 10.8 Å². The van der Waals surface area contributed by atoms with E-state index in [0.717, 1.165) is 5.52 Å². The normalized spacial score (nSPS) is 10.9. The minimum absolute atomic E-state index is 0.268. The average Bonchev–Trinajstić information content (AvgIpc) is 2.49. The highest BCUT2D eigenvalue weighted by molar-refractivity contribution is 6.29. The Morgan fingerprint density at radius 3 is 3.08 bits per heavy atom. The van der Waals surface area contributed by atoms with E-state index in [1.165, 1.54) is 0 Å². The Hall–Kier alpha value is -1.16. The van der Waals surface area contributed by atoms with Gasteiger partial charge in [0.25, 0.3) is 0 Å². The number of alkyl halides is 1. The predicted molar refractivity (Wildman–Crippen MR) is 48.5 cm³/mol. The van der Waals surface area contributed by atoms with Gasteiger partial charge in [-0.15, -0.1) is 0 Å². The minimum Gasteiger partial charge on any atom is -0.313 e. The van der Waals surface area contributed by atoms with E-state index in [-0.39, 0.29) is 6.54 Å². The molecule has 2 aromatic heterocycles. The molecule has 0 saturated heterocycles. The van der Waals surface area contributed by atoms with E-state index in [2.05, 4.69) is 9.97 Å². The van der Waals surface area contributed by atoms with Crippen molar-refractivity contribution in [1.82, 2.24) is 14.5 Å². The van der Waals surface area contributed by atoms with Gasteiger partial charge in [-0.3, -0.25) is 0 Å². The van der Waals surface area contributed by atoms with E-state index in [4.69, 9.17) is 11.6 Å². The van der Waals surface area contributed by atoms with Crippen LogP contribution in [0.25, 0.3) is 11.2 Å². The Bertz CT molecular complexity index is 426. The van der Waals surface area contributed by atoms with E-state index in [1.807, 2.05) is 0 Å². The molecule has 0 N–H and O–H groups in total. The molecular weight excluding hydrogens is 193 g/mol. The Labute approximate surface area is 79.2 Å². The second-order valence-corrected chi connectivity index (χ2v) is 2.99. The lowest BCUT2D eigenvalue weighted by Gasteiger charge is -1.98. The van der Waals surface area contributed by atoms with Crippen LogP contribution >= 0.6 is 11.6 Å². The molecule has 0 atom stereocenters. The number of aryl methyl sites for hydroxylation is 1. The molecule has 0 aliphatic carbocycles. The van der Waals surface area contributed by atoms with Crippen LogP contribution in [-0.2, 0) is 6.54 Å². The van der Waals surface area contributed by atoms with Crippen molar-refractivity contribution in [3.63, 3.8) is 0 Å². The maximum atomic E-state index is 12.1. The fourth-order valence-corrected chi connectivity index (χ4v) is 1.31. The van der Waals surface area contributed by atoms with Gasteiger partial charge in [0, 0.05) is 0 Å². The van der Waals surface area contributed by atoms with E-state index in [1.54, 1.807) is 23.0 Å². The number of halogens is 2. The summed E-state index contributed by atoms with van der Waals surface area (Å²) in [5.74, 6) is 0. The van der Waals surface area contributed by atoms with Crippen molar-refractivity contribution >= 4 is 22.8 Å². The van der Waals surface area contributed by atoms with Gasteiger partial charge in [0.05, 0.1) is 12.9 Å². The molecule has 2 heterocycles. The second kappa shape index (κ2) is 3.30. The first-order chi connectivity index (χ1) is 6.31. The summed E-state index contributed by atoms with van der Waals surface area (Å²) in [6.45, 7) is -0.163. The maximum absolute atomic E-state index is 12.1. The molecule has 0 unspecified atom stereocenters. The first-order valence-corrected chi connectivity index (χ1v) is 4.22. The predicted octanol–water partition coefficient (Wildman–Crippen LogP) is 2.05. The van der Waals surface area contributed by atoms with Crippen molar-refractivity contribution in [1.29, 1.82) is 0 Å². The number of rotatable bonds is 2. The van der Waals surface area contributed by atoms with E-state index < -0.39 is 6.67 Å². The van der Waals surface area contributed by atoms with Crippen LogP contribution in [0, 0.1) is 0 Å². The van der Waals surface area contributed by atoms with Crippen LogP contribution in [0.1, 0.15) is 0 Å². The molecule has 0 bridgehead atoms. The molecule has 0 fully saturated rings. The topological polar surface area (TPSA) is 30.7 Å². The van der Waals surface area contributed by atoms with E-state index >= 15 is 0 Å². The van der Waals surface area contributed by atoms with Gasteiger partial charge >= 0.3 is 0 Å². The van der Waals surface area contributed by atoms with Crippen LogP contribution in [0.15, 0.2) is 18.5 Å². The molecule has 0 aromatic carbocycles. The van der Waals surface area contributed by atoms with Gasteiger partial charge in [0.1, 0.15) is 17.3 Å². The summed E-state index contributed by atoms with van der Waals surface area (Å²) in [6.07, 6.45) is 1.56. The third-order valence-electron chi connectivity index (χ3n) is 1.75. The smallest absolute Gasteiger partial charge is 0.161 e. The van der Waals surface area contributed by atoms with Gasteiger partial charge in [-0.1, -0.05) is 11.6 Å². The SMILES string of the molecule is FCCn1cnc2ccc(Cl)nc21. The Morgan fingerprint density at radius 2 is 2.31 bits per heavy atom. The van der Waals surface area contributed by atoms with Crippen molar-refractivity contribution in [3.8, 4) is 0 Å². The van der Waals surface area contributed by atoms with Gasteiger partial charge in [-0.25, -0.2) is 14.4 Å². The largest absolute Gasteiger partial charge is 0.313 e. The van der Waals surface area contributed by atoms with Crippen molar-refractivity contribution in [2.75, 3.05) is 6.67 Å². The molecule has 2 aromatic rings. The highest BCUT2D eigenvalue weighted by Crippen LogP contribution is 2.13. The lowest BCUT2D eigenvalue weighted by molar-refractivity contribution is 0.449. The maximum Gasteiger partial charge on any atom is 0.161 e. The first-order valence-electron chi connectivity index (χ1n) is 3.84. The molecule has 0 aliphatic rings. The lowest BCUT2D eigenvalue weighted by Crippen LogP contribution is -1.98. The molecule has 2 rings (SSSR count). The van der Waals surface area contributed by atoms with Crippen LogP contribution in [0.3, 0.4) is 0 Å². The summed E-state index contributed by atoms with van der Waals surface area (Å²) in [4.78, 5) is 8.11. The molecule has 0 spiro atoms. The fourth-order valence-electron chi connectivity index (χ4n) is 1.17. The number of aromatic nitrogens is 3. The lowest BCUT2D eigenvalue weighted by atomic mass is 10.4. The fraction of sp³-hybridized carbons (Fsp3) is 0.250. The molecule has 0 radical (unpaired) electrons. The zero-order valence-corrected chi connectivity index (χ0v) is 7.50. The number of fused-ring (bicyclic) bond motifs is 1. The minimum atomic E-state index is -0.431. The third kappa shape index (κ3) is 1.49. The molecule has 3 nitrogen and oxygen atoms in total. The molecule has 13 heavy (non-hydrogen) atoms. The van der Waals surface area contributed by atoms with Crippen molar-refractivity contribution in [3.05, 3.63) is 23.6 Å². The number of imidazole rings is 1. The van der Waals surface area contributed by atoms with Crippen LogP contribution < -0.4 is 0 Å². The van der Waals surface area contributed by atoms with Gasteiger partial charge in [-0.2, -0.15) is 0 Å². The number of pyridine rings is 1. The number of hydrogen-bond donors (Lipinski definition) is 0. The molecule has 68 valence electrons. The Morgan fingerprint density at radius 1 is 1.46 bits per heavy atom. The monoisotopic (exact) mass is 199 g/mol. The molecule has 0 amide bonds. The van der Waals surface area contributed by atoms with Crippen molar-refractivity contribution in [2.45, 2.75) is 6.54 Å². The van der Waals surface area contributed by atoms with Crippen molar-refractivity contribution in [2.24, 2.45) is 0 Å². The van der Waals surface area contributed by atoms with Gasteiger partial charge in [0.15, 0.2) is 5.65 Å². The van der Waals surface area contributed by atoms with Crippen LogP contribution in [0.5, 0.6) is 0 Å². The standard InChI is InChI=1S/C8H7ClFN3/c9-7-2-1-6-8(12-7)13(4-3-10)5-11-6/h1-2,5H,3-4H2. The molecule has 0 aliphatic heterocycles. The van der Waals surface area contributed by atoms with Crippen molar-refractivity contribution < 1.29 is 4.39 Å². The summed E-state index contributed by atoms with van der Waals surface area (Å²) >= 11 is 5.70. The third-order valence-corrected chi connectivity index (χ3v) is 1.96. The highest BCUT2D eigenvalue weighted by atomic mass is 35.5. The van der Waals surface area contributed by atoms with Crippen LogP contribution in [-0.4, -0.2) is 21.2 Å². The molecule has 5 heteroatoms. The van der Waals surface area contributed by atoms with Gasteiger partial charge in [-0.05, 0) is 12.1 Å². The summed E-state index contributed by atoms with van der Waals surface area (Å²) < 4.78 is 13.7. The van der Waals surface area contributed by atoms with E-state index in [9.17, 15) is 4.39 Å². The highest BCUT2D eigenvalue weighted by Gasteiger charge is 2.03. The average molecular weight is 200 g/mol. The second-order valence-electron chi connectivity index (χ2n) is 2.60. The summed E-state index contributed by atoms with van der Waals surface area (Å²) in [6, 6.07) is 3.43. The quantitative estimate of drug-likeness (QED) is 0.694. The summed E-state index contributed by atoms with van der Waals surface area (Å²) in [5.41, 5.74) is 1.36. The summed E-state index contributed by atoms with van der Waals surface area (Å²) in [5, 5.41) is 0.396. The number of hydrogen-bond acceptors (Lipinski definition) is 2. The molecular formula is C8H7ClFN3. The first kappa shape index (κ1) is 8.44. The van der Waals surface area contributed by atoms with Gasteiger partial charge < -0.3 is 4.57 Å². The van der Waals surface area contributed by atoms with Crippen LogP contribution in [0.4, 0.5) is 4.39 Å². The zero-order chi connectivity index (χ0) is 9.26. The zero-order valence-electron chi connectivity index (χ0n) is 6.74. The van der Waals surface area contributed by atoms with Gasteiger partial charge in [0.2, 0.25) is 0 Å². The Balaban J connectivity index is 2.58. The molecule has 0 saturated carbocycles. The van der Waals surface area contributed by atoms with Crippen LogP contribution in [0.2, 0.25) is 5.15 Å². The Kier molecular flexibility index (Phi) is 2.14.